The predicted octanol–water partition coefficient (Wildman–Crippen LogP) is 2.81. The van der Waals surface area contributed by atoms with E-state index in [9.17, 15) is 0 Å². The van der Waals surface area contributed by atoms with E-state index < -0.39 is 0 Å². The maximum Gasteiger partial charge on any atom is 0.0590 e. The molecule has 0 radical (unpaired) electrons. The molecule has 0 aliphatic heterocycles. The predicted molar refractivity (Wildman–Crippen MR) is 73.5 cm³/mol. The molecule has 0 unspecified atom stereocenters. The summed E-state index contributed by atoms with van der Waals surface area (Å²) < 4.78 is 5.51. The fraction of sp³-hybridized carbons (Fsp3) is 0.600. The summed E-state index contributed by atoms with van der Waals surface area (Å²) in [6, 6.07) is 8.95. The topological polar surface area (TPSA) is 21.3 Å². The minimum Gasteiger partial charge on any atom is -0.380 e. The standard InChI is InChI=1S/C15H25NO/c1-3-4-5-14-6-8-15(9-7-14)10-12-17-13-11-16-2/h6-9,16H,3-5,10-13H2,1-2H3. The van der Waals surface area contributed by atoms with E-state index in [1.165, 1.54) is 30.4 Å². The Morgan fingerprint density at radius 3 is 2.24 bits per heavy atom. The molecule has 0 fully saturated rings. The van der Waals surface area contributed by atoms with Gasteiger partial charge in [-0.2, -0.15) is 0 Å². The van der Waals surface area contributed by atoms with Crippen LogP contribution in [0.2, 0.25) is 0 Å². The van der Waals surface area contributed by atoms with Crippen molar-refractivity contribution in [1.82, 2.24) is 5.32 Å². The van der Waals surface area contributed by atoms with Gasteiger partial charge < -0.3 is 10.1 Å². The molecule has 1 N–H and O–H groups in total. The molecule has 0 amide bonds. The summed E-state index contributed by atoms with van der Waals surface area (Å²) in [6.07, 6.45) is 4.76. The fourth-order valence-electron chi connectivity index (χ4n) is 1.72. The van der Waals surface area contributed by atoms with Crippen molar-refractivity contribution in [2.45, 2.75) is 32.6 Å². The van der Waals surface area contributed by atoms with Crippen molar-refractivity contribution in [3.8, 4) is 0 Å². The Morgan fingerprint density at radius 2 is 1.65 bits per heavy atom. The zero-order chi connectivity index (χ0) is 12.3. The van der Waals surface area contributed by atoms with Gasteiger partial charge in [-0.3, -0.25) is 0 Å². The molecule has 0 aliphatic rings. The third-order valence-electron chi connectivity index (χ3n) is 2.87. The summed E-state index contributed by atoms with van der Waals surface area (Å²) in [5.74, 6) is 0. The van der Waals surface area contributed by atoms with Gasteiger partial charge in [0.05, 0.1) is 13.2 Å². The molecule has 0 atom stereocenters. The molecular formula is C15H25NO. The third kappa shape index (κ3) is 6.44. The van der Waals surface area contributed by atoms with Crippen molar-refractivity contribution in [2.24, 2.45) is 0 Å². The highest BCUT2D eigenvalue weighted by Crippen LogP contribution is 2.08. The van der Waals surface area contributed by atoms with E-state index in [0.29, 0.717) is 0 Å². The number of ether oxygens (including phenoxy) is 1. The van der Waals surface area contributed by atoms with Gasteiger partial charge in [0.2, 0.25) is 0 Å². The zero-order valence-electron chi connectivity index (χ0n) is 11.2. The van der Waals surface area contributed by atoms with Gasteiger partial charge in [0, 0.05) is 6.54 Å². The first kappa shape index (κ1) is 14.2. The van der Waals surface area contributed by atoms with Crippen LogP contribution >= 0.6 is 0 Å². The summed E-state index contributed by atoms with van der Waals surface area (Å²) in [7, 11) is 1.94. The summed E-state index contributed by atoms with van der Waals surface area (Å²) in [5.41, 5.74) is 2.82. The van der Waals surface area contributed by atoms with Crippen molar-refractivity contribution < 1.29 is 4.74 Å². The quantitative estimate of drug-likeness (QED) is 0.665. The number of hydrogen-bond acceptors (Lipinski definition) is 2. The van der Waals surface area contributed by atoms with Crippen LogP contribution in [0, 0.1) is 0 Å². The highest BCUT2D eigenvalue weighted by atomic mass is 16.5. The van der Waals surface area contributed by atoms with Gasteiger partial charge in [-0.25, -0.2) is 0 Å². The first-order valence-corrected chi connectivity index (χ1v) is 6.67. The molecule has 1 rings (SSSR count). The second-order valence-corrected chi connectivity index (χ2v) is 4.39. The van der Waals surface area contributed by atoms with Crippen molar-refractivity contribution in [1.29, 1.82) is 0 Å². The van der Waals surface area contributed by atoms with E-state index in [-0.39, 0.29) is 0 Å². The molecule has 1 aromatic carbocycles. The van der Waals surface area contributed by atoms with E-state index in [1.807, 2.05) is 7.05 Å². The van der Waals surface area contributed by atoms with Gasteiger partial charge in [-0.1, -0.05) is 37.6 Å². The highest BCUT2D eigenvalue weighted by Gasteiger charge is 1.95. The van der Waals surface area contributed by atoms with Crippen molar-refractivity contribution >= 4 is 0 Å². The zero-order valence-corrected chi connectivity index (χ0v) is 11.2. The van der Waals surface area contributed by atoms with Crippen molar-refractivity contribution in [2.75, 3.05) is 26.8 Å². The summed E-state index contributed by atoms with van der Waals surface area (Å²) >= 11 is 0. The number of unbranched alkanes of at least 4 members (excludes halogenated alkanes) is 1. The lowest BCUT2D eigenvalue weighted by atomic mass is 10.1. The number of nitrogens with one attached hydrogen (secondary N) is 1. The first-order valence-electron chi connectivity index (χ1n) is 6.67. The number of aryl methyl sites for hydroxylation is 1. The van der Waals surface area contributed by atoms with Crippen LogP contribution in [0.5, 0.6) is 0 Å². The lowest BCUT2D eigenvalue weighted by molar-refractivity contribution is 0.140. The van der Waals surface area contributed by atoms with Crippen LogP contribution in [0.25, 0.3) is 0 Å². The van der Waals surface area contributed by atoms with E-state index in [2.05, 4.69) is 36.5 Å². The number of likely N-dealkylation sites (N-methyl/N-ethyl adjacent to an activating group) is 1. The molecule has 1 aromatic rings. The Hall–Kier alpha value is -0.860. The average Bonchev–Trinajstić information content (AvgIpc) is 2.37. The molecule has 0 saturated heterocycles. The first-order chi connectivity index (χ1) is 8.36. The lowest BCUT2D eigenvalue weighted by Crippen LogP contribution is -2.15. The van der Waals surface area contributed by atoms with Crippen LogP contribution < -0.4 is 5.32 Å². The summed E-state index contributed by atoms with van der Waals surface area (Å²) in [5, 5.41) is 3.07. The van der Waals surface area contributed by atoms with Crippen LogP contribution in [0.15, 0.2) is 24.3 Å². The van der Waals surface area contributed by atoms with Gasteiger partial charge in [0.1, 0.15) is 0 Å². The largest absolute Gasteiger partial charge is 0.380 e. The number of benzene rings is 1. The maximum atomic E-state index is 5.51. The Labute approximate surface area is 105 Å². The Morgan fingerprint density at radius 1 is 1.00 bits per heavy atom. The van der Waals surface area contributed by atoms with E-state index in [1.54, 1.807) is 0 Å². The minimum absolute atomic E-state index is 0.797. The molecule has 17 heavy (non-hydrogen) atoms. The van der Waals surface area contributed by atoms with Crippen molar-refractivity contribution in [3.63, 3.8) is 0 Å². The molecule has 0 aromatic heterocycles. The van der Waals surface area contributed by atoms with Gasteiger partial charge in [-0.05, 0) is 37.4 Å². The summed E-state index contributed by atoms with van der Waals surface area (Å²) in [4.78, 5) is 0. The van der Waals surface area contributed by atoms with Gasteiger partial charge in [0.25, 0.3) is 0 Å². The van der Waals surface area contributed by atoms with Gasteiger partial charge in [-0.15, -0.1) is 0 Å². The molecule has 0 saturated carbocycles. The molecule has 2 heteroatoms. The SMILES string of the molecule is CCCCc1ccc(CCOCCNC)cc1. The smallest absolute Gasteiger partial charge is 0.0590 e. The van der Waals surface area contributed by atoms with E-state index >= 15 is 0 Å². The molecule has 0 heterocycles. The molecule has 0 spiro atoms. The molecule has 0 bridgehead atoms. The van der Waals surface area contributed by atoms with Crippen LogP contribution in [0.3, 0.4) is 0 Å². The molecule has 2 nitrogen and oxygen atoms in total. The fourth-order valence-corrected chi connectivity index (χ4v) is 1.72. The van der Waals surface area contributed by atoms with Gasteiger partial charge in [0.15, 0.2) is 0 Å². The maximum absolute atomic E-state index is 5.51. The Balaban J connectivity index is 2.20. The lowest BCUT2D eigenvalue weighted by Gasteiger charge is -2.05. The Bertz CT molecular complexity index is 281. The van der Waals surface area contributed by atoms with E-state index in [0.717, 1.165) is 26.2 Å². The second-order valence-electron chi connectivity index (χ2n) is 4.39. The van der Waals surface area contributed by atoms with Crippen LogP contribution in [0.4, 0.5) is 0 Å². The molecular weight excluding hydrogens is 210 g/mol. The Kier molecular flexibility index (Phi) is 7.69. The average molecular weight is 235 g/mol. The summed E-state index contributed by atoms with van der Waals surface area (Å²) in [6.45, 7) is 4.77. The number of rotatable bonds is 9. The molecule has 96 valence electrons. The number of hydrogen-bond donors (Lipinski definition) is 1. The minimum atomic E-state index is 0.797. The highest BCUT2D eigenvalue weighted by molar-refractivity contribution is 5.22. The van der Waals surface area contributed by atoms with E-state index in [4.69, 9.17) is 4.74 Å². The normalized spacial score (nSPS) is 10.7. The monoisotopic (exact) mass is 235 g/mol. The van der Waals surface area contributed by atoms with Gasteiger partial charge >= 0.3 is 0 Å². The van der Waals surface area contributed by atoms with Crippen LogP contribution in [0.1, 0.15) is 30.9 Å². The van der Waals surface area contributed by atoms with Crippen LogP contribution in [-0.2, 0) is 17.6 Å². The second kappa shape index (κ2) is 9.20. The molecule has 0 aliphatic carbocycles. The van der Waals surface area contributed by atoms with Crippen LogP contribution in [-0.4, -0.2) is 26.8 Å². The van der Waals surface area contributed by atoms with Crippen molar-refractivity contribution in [3.05, 3.63) is 35.4 Å². The third-order valence-corrected chi connectivity index (χ3v) is 2.87.